The van der Waals surface area contributed by atoms with E-state index in [-0.39, 0.29) is 6.42 Å². The van der Waals surface area contributed by atoms with Crippen LogP contribution in [-0.4, -0.2) is 34.2 Å². The van der Waals surface area contributed by atoms with E-state index in [9.17, 15) is 9.59 Å². The minimum atomic E-state index is -0.512. The molecule has 1 amide bonds. The van der Waals surface area contributed by atoms with Gasteiger partial charge in [-0.25, -0.2) is 5.01 Å². The van der Waals surface area contributed by atoms with Crippen molar-refractivity contribution in [3.8, 4) is 0 Å². The number of pyridine rings is 1. The van der Waals surface area contributed by atoms with Crippen LogP contribution in [-0.2, 0) is 20.7 Å². The Balaban J connectivity index is 1.29. The molecule has 1 aliphatic rings. The summed E-state index contributed by atoms with van der Waals surface area (Å²) in [7, 11) is 0. The molecule has 4 aromatic rings. The fourth-order valence-corrected chi connectivity index (χ4v) is 4.11. The fourth-order valence-electron chi connectivity index (χ4n) is 3.98. The standard InChI is InChI=1S/C26H20ClN3O4/c27-20-10-8-17(9-11-20)21-15-22(23-7-3-13-33-23)30(29-21)24(31)16-34-25(32)14-19-5-1-4-18-6-2-12-28-26(18)19/h1-13,22H,14-16H2. The molecule has 7 nitrogen and oxygen atoms in total. The van der Waals surface area contributed by atoms with Crippen molar-refractivity contribution in [2.45, 2.75) is 18.9 Å². The average molecular weight is 474 g/mol. The highest BCUT2D eigenvalue weighted by atomic mass is 35.5. The highest BCUT2D eigenvalue weighted by Gasteiger charge is 2.35. The maximum atomic E-state index is 13.0. The number of hydrazone groups is 1. The molecule has 0 saturated heterocycles. The summed E-state index contributed by atoms with van der Waals surface area (Å²) in [5, 5.41) is 7.41. The van der Waals surface area contributed by atoms with E-state index in [0.29, 0.717) is 17.2 Å². The van der Waals surface area contributed by atoms with Crippen LogP contribution in [0.2, 0.25) is 5.02 Å². The molecule has 0 aliphatic carbocycles. The zero-order valence-electron chi connectivity index (χ0n) is 18.1. The molecule has 1 aliphatic heterocycles. The van der Waals surface area contributed by atoms with Crippen LogP contribution >= 0.6 is 11.6 Å². The number of nitrogens with zero attached hydrogens (tertiary/aromatic N) is 3. The Morgan fingerprint density at radius 3 is 2.68 bits per heavy atom. The first-order valence-electron chi connectivity index (χ1n) is 10.8. The van der Waals surface area contributed by atoms with Gasteiger partial charge in [0.1, 0.15) is 11.8 Å². The van der Waals surface area contributed by atoms with Crippen LogP contribution in [0.1, 0.15) is 29.3 Å². The van der Waals surface area contributed by atoms with Crippen molar-refractivity contribution < 1.29 is 18.7 Å². The second-order valence-electron chi connectivity index (χ2n) is 7.86. The number of hydrogen-bond acceptors (Lipinski definition) is 6. The summed E-state index contributed by atoms with van der Waals surface area (Å²) in [5.74, 6) is -0.342. The molecule has 0 radical (unpaired) electrons. The lowest BCUT2D eigenvalue weighted by atomic mass is 10.0. The number of esters is 1. The molecule has 2 aromatic heterocycles. The second kappa shape index (κ2) is 9.49. The SMILES string of the molecule is O=C(Cc1cccc2cccnc12)OCC(=O)N1N=C(c2ccc(Cl)cc2)CC1c1ccco1. The van der Waals surface area contributed by atoms with Gasteiger partial charge in [-0.2, -0.15) is 5.10 Å². The predicted molar refractivity (Wildman–Crippen MR) is 127 cm³/mol. The molecule has 3 heterocycles. The average Bonchev–Trinajstić information content (AvgIpc) is 3.54. The van der Waals surface area contributed by atoms with Crippen molar-refractivity contribution >= 4 is 40.1 Å². The normalized spacial score (nSPS) is 15.4. The van der Waals surface area contributed by atoms with E-state index in [1.165, 1.54) is 5.01 Å². The van der Waals surface area contributed by atoms with Crippen molar-refractivity contribution in [3.05, 3.63) is 101 Å². The van der Waals surface area contributed by atoms with Crippen LogP contribution in [0.3, 0.4) is 0 Å². The van der Waals surface area contributed by atoms with Crippen molar-refractivity contribution in [2.75, 3.05) is 6.61 Å². The monoisotopic (exact) mass is 473 g/mol. The summed E-state index contributed by atoms with van der Waals surface area (Å²) in [5.41, 5.74) is 3.06. The lowest BCUT2D eigenvalue weighted by Crippen LogP contribution is -2.31. The lowest BCUT2D eigenvalue weighted by Gasteiger charge is -2.19. The van der Waals surface area contributed by atoms with Crippen LogP contribution in [0.25, 0.3) is 10.9 Å². The molecule has 0 saturated carbocycles. The number of carbonyl (C=O) groups excluding carboxylic acids is 2. The molecule has 8 heteroatoms. The summed E-state index contributed by atoms with van der Waals surface area (Å²) in [4.78, 5) is 29.9. The number of furan rings is 1. The molecule has 170 valence electrons. The highest BCUT2D eigenvalue weighted by Crippen LogP contribution is 2.33. The Morgan fingerprint density at radius 2 is 1.88 bits per heavy atom. The number of carbonyl (C=O) groups is 2. The van der Waals surface area contributed by atoms with Crippen molar-refractivity contribution in [1.82, 2.24) is 9.99 Å². The van der Waals surface area contributed by atoms with E-state index in [4.69, 9.17) is 20.8 Å². The van der Waals surface area contributed by atoms with Gasteiger partial charge in [0.2, 0.25) is 0 Å². The quantitative estimate of drug-likeness (QED) is 0.370. The molecular weight excluding hydrogens is 454 g/mol. The third kappa shape index (κ3) is 4.56. The van der Waals surface area contributed by atoms with Gasteiger partial charge < -0.3 is 9.15 Å². The maximum absolute atomic E-state index is 13.0. The highest BCUT2D eigenvalue weighted by molar-refractivity contribution is 6.30. The topological polar surface area (TPSA) is 85.0 Å². The number of ether oxygens (including phenoxy) is 1. The van der Waals surface area contributed by atoms with E-state index >= 15 is 0 Å². The van der Waals surface area contributed by atoms with Crippen LogP contribution < -0.4 is 0 Å². The predicted octanol–water partition coefficient (Wildman–Crippen LogP) is 4.94. The Kier molecular flexibility index (Phi) is 6.10. The molecule has 0 bridgehead atoms. The fraction of sp³-hybridized carbons (Fsp3) is 0.154. The zero-order chi connectivity index (χ0) is 23.5. The number of rotatable bonds is 6. The van der Waals surface area contributed by atoms with E-state index in [2.05, 4.69) is 10.1 Å². The van der Waals surface area contributed by atoms with Gasteiger partial charge in [0.05, 0.1) is 23.9 Å². The largest absolute Gasteiger partial charge is 0.467 e. The third-order valence-electron chi connectivity index (χ3n) is 5.62. The van der Waals surface area contributed by atoms with Crippen LogP contribution in [0.5, 0.6) is 0 Å². The second-order valence-corrected chi connectivity index (χ2v) is 8.29. The Hall–Kier alpha value is -3.97. The summed E-state index contributed by atoms with van der Waals surface area (Å²) in [6.07, 6.45) is 3.72. The molecule has 2 aromatic carbocycles. The van der Waals surface area contributed by atoms with Gasteiger partial charge in [-0.3, -0.25) is 14.6 Å². The smallest absolute Gasteiger partial charge is 0.310 e. The van der Waals surface area contributed by atoms with E-state index in [0.717, 1.165) is 27.7 Å². The summed E-state index contributed by atoms with van der Waals surface area (Å²) in [6.45, 7) is -0.425. The van der Waals surface area contributed by atoms with Crippen LogP contribution in [0, 0.1) is 0 Å². The molecule has 0 spiro atoms. The van der Waals surface area contributed by atoms with Gasteiger partial charge in [-0.05, 0) is 41.5 Å². The molecule has 1 atom stereocenters. The zero-order valence-corrected chi connectivity index (χ0v) is 18.8. The third-order valence-corrected chi connectivity index (χ3v) is 5.87. The summed E-state index contributed by atoms with van der Waals surface area (Å²) in [6, 6.07) is 19.8. The molecule has 0 N–H and O–H groups in total. The molecular formula is C26H20ClN3O4. The van der Waals surface area contributed by atoms with Crippen molar-refractivity contribution in [2.24, 2.45) is 5.10 Å². The number of amides is 1. The number of benzene rings is 2. The first-order chi connectivity index (χ1) is 16.6. The summed E-state index contributed by atoms with van der Waals surface area (Å²) < 4.78 is 10.9. The van der Waals surface area contributed by atoms with Crippen LogP contribution in [0.15, 0.2) is 88.7 Å². The number of aromatic nitrogens is 1. The van der Waals surface area contributed by atoms with Gasteiger partial charge in [-0.15, -0.1) is 0 Å². The lowest BCUT2D eigenvalue weighted by molar-refractivity contribution is -0.152. The van der Waals surface area contributed by atoms with Crippen LogP contribution in [0.4, 0.5) is 0 Å². The van der Waals surface area contributed by atoms with E-state index in [1.54, 1.807) is 36.7 Å². The Labute approximate surface area is 200 Å². The van der Waals surface area contributed by atoms with E-state index in [1.807, 2.05) is 42.5 Å². The number of halogens is 1. The maximum Gasteiger partial charge on any atom is 0.310 e. The molecule has 5 rings (SSSR count). The Morgan fingerprint density at radius 1 is 1.06 bits per heavy atom. The van der Waals surface area contributed by atoms with Gasteiger partial charge in [-0.1, -0.05) is 48.0 Å². The van der Waals surface area contributed by atoms with Gasteiger partial charge in [0.25, 0.3) is 5.91 Å². The Bertz CT molecular complexity index is 1360. The number of fused-ring (bicyclic) bond motifs is 1. The van der Waals surface area contributed by atoms with Gasteiger partial charge in [0, 0.05) is 23.0 Å². The first kappa shape index (κ1) is 21.9. The molecule has 0 fully saturated rings. The minimum Gasteiger partial charge on any atom is -0.467 e. The van der Waals surface area contributed by atoms with Gasteiger partial charge >= 0.3 is 5.97 Å². The number of hydrogen-bond donors (Lipinski definition) is 0. The van der Waals surface area contributed by atoms with E-state index < -0.39 is 24.5 Å². The first-order valence-corrected chi connectivity index (χ1v) is 11.1. The molecule has 34 heavy (non-hydrogen) atoms. The number of para-hydroxylation sites is 1. The van der Waals surface area contributed by atoms with Crippen molar-refractivity contribution in [3.63, 3.8) is 0 Å². The van der Waals surface area contributed by atoms with Gasteiger partial charge in [0.15, 0.2) is 6.61 Å². The minimum absolute atomic E-state index is 0.0164. The van der Waals surface area contributed by atoms with Crippen molar-refractivity contribution in [1.29, 1.82) is 0 Å². The summed E-state index contributed by atoms with van der Waals surface area (Å²) >= 11 is 6.00. The molecule has 1 unspecified atom stereocenters.